The van der Waals surface area contributed by atoms with E-state index in [9.17, 15) is 17.6 Å². The van der Waals surface area contributed by atoms with Crippen LogP contribution in [0.5, 0.6) is 0 Å². The Bertz CT molecular complexity index is 459. The molecule has 1 fully saturated rings. The Hall–Kier alpha value is -1.30. The minimum absolute atomic E-state index is 0.118. The fourth-order valence-electron chi connectivity index (χ4n) is 2.59. The van der Waals surface area contributed by atoms with Gasteiger partial charge in [-0.15, -0.1) is 0 Å². The van der Waals surface area contributed by atoms with E-state index in [4.69, 9.17) is 5.73 Å². The maximum Gasteiger partial charge on any atom is 0.393 e. The monoisotopic (exact) mass is 290 g/mol. The predicted octanol–water partition coefficient (Wildman–Crippen LogP) is 3.11. The summed E-state index contributed by atoms with van der Waals surface area (Å²) in [7, 11) is 0. The number of anilines is 1. The number of alkyl halides is 3. The van der Waals surface area contributed by atoms with Crippen LogP contribution in [0.3, 0.4) is 0 Å². The van der Waals surface area contributed by atoms with Crippen molar-refractivity contribution in [3.8, 4) is 0 Å². The molecule has 0 spiro atoms. The summed E-state index contributed by atoms with van der Waals surface area (Å²) in [4.78, 5) is 1.49. The fraction of sp³-hybridized carbons (Fsp3) is 0.571. The number of nitrogens with zero attached hydrogens (tertiary/aromatic N) is 1. The van der Waals surface area contributed by atoms with Crippen molar-refractivity contribution in [3.63, 3.8) is 0 Å². The molecule has 1 aromatic rings. The highest BCUT2D eigenvalue weighted by atomic mass is 19.4. The van der Waals surface area contributed by atoms with Crippen molar-refractivity contribution >= 4 is 5.69 Å². The van der Waals surface area contributed by atoms with E-state index in [-0.39, 0.29) is 18.7 Å². The van der Waals surface area contributed by atoms with Gasteiger partial charge < -0.3 is 10.6 Å². The average Bonchev–Trinajstić information content (AvgIpc) is 2.38. The van der Waals surface area contributed by atoms with Gasteiger partial charge in [-0.25, -0.2) is 4.39 Å². The molecule has 2 N–H and O–H groups in total. The number of hydrogen-bond acceptors (Lipinski definition) is 2. The largest absolute Gasteiger partial charge is 0.393 e. The molecule has 112 valence electrons. The molecular weight excluding hydrogens is 272 g/mol. The molecule has 0 saturated carbocycles. The lowest BCUT2D eigenvalue weighted by molar-refractivity contribution is -0.176. The summed E-state index contributed by atoms with van der Waals surface area (Å²) >= 11 is 0. The van der Waals surface area contributed by atoms with Gasteiger partial charge in [0.1, 0.15) is 5.82 Å². The first-order valence-electron chi connectivity index (χ1n) is 6.72. The van der Waals surface area contributed by atoms with Gasteiger partial charge in [-0.1, -0.05) is 6.07 Å². The topological polar surface area (TPSA) is 29.3 Å². The lowest BCUT2D eigenvalue weighted by Crippen LogP contribution is -2.42. The number of rotatable bonds is 3. The molecule has 0 aliphatic carbocycles. The predicted molar refractivity (Wildman–Crippen MR) is 70.2 cm³/mol. The van der Waals surface area contributed by atoms with Gasteiger partial charge in [-0.05, 0) is 43.5 Å². The van der Waals surface area contributed by atoms with Crippen molar-refractivity contribution in [2.75, 3.05) is 24.5 Å². The van der Waals surface area contributed by atoms with Crippen molar-refractivity contribution < 1.29 is 17.6 Å². The number of piperidine rings is 1. The molecule has 1 unspecified atom stereocenters. The van der Waals surface area contributed by atoms with Crippen LogP contribution in [0.2, 0.25) is 0 Å². The van der Waals surface area contributed by atoms with Crippen molar-refractivity contribution in [2.45, 2.75) is 25.4 Å². The van der Waals surface area contributed by atoms with E-state index in [1.807, 2.05) is 0 Å². The normalized spacial score (nSPS) is 20.2. The van der Waals surface area contributed by atoms with Crippen molar-refractivity contribution in [1.82, 2.24) is 0 Å². The summed E-state index contributed by atoms with van der Waals surface area (Å²) in [6.07, 6.45) is -3.11. The maximum absolute atomic E-state index is 14.0. The summed E-state index contributed by atoms with van der Waals surface area (Å²) < 4.78 is 52.3. The van der Waals surface area contributed by atoms with Crippen LogP contribution in [0.4, 0.5) is 23.2 Å². The van der Waals surface area contributed by atoms with E-state index < -0.39 is 17.9 Å². The zero-order valence-electron chi connectivity index (χ0n) is 11.1. The van der Waals surface area contributed by atoms with Gasteiger partial charge in [-0.3, -0.25) is 0 Å². The Morgan fingerprint density at radius 3 is 2.65 bits per heavy atom. The Morgan fingerprint density at radius 1 is 1.30 bits per heavy atom. The summed E-state index contributed by atoms with van der Waals surface area (Å²) in [5.41, 5.74) is 6.41. The third-order valence-corrected chi connectivity index (χ3v) is 3.67. The van der Waals surface area contributed by atoms with E-state index in [2.05, 4.69) is 0 Å². The Labute approximate surface area is 115 Å². The van der Waals surface area contributed by atoms with Gasteiger partial charge in [0.05, 0.1) is 11.6 Å². The highest BCUT2D eigenvalue weighted by Gasteiger charge is 2.42. The summed E-state index contributed by atoms with van der Waals surface area (Å²) in [6, 6.07) is 4.64. The molecule has 2 nitrogen and oxygen atoms in total. The standard InChI is InChI=1S/C14H18F4N2/c15-12-8-10(5-6-19)3-4-13(12)20-7-1-2-11(9-20)14(16,17)18/h3-4,8,11H,1-2,5-7,9,19H2. The Morgan fingerprint density at radius 2 is 2.05 bits per heavy atom. The number of benzene rings is 1. The minimum Gasteiger partial charge on any atom is -0.369 e. The number of nitrogens with two attached hydrogens (primary N) is 1. The van der Waals surface area contributed by atoms with E-state index in [1.165, 1.54) is 11.0 Å². The number of halogens is 4. The molecule has 2 rings (SSSR count). The molecule has 0 radical (unpaired) electrons. The molecule has 6 heteroatoms. The molecule has 20 heavy (non-hydrogen) atoms. The second kappa shape index (κ2) is 5.99. The zero-order valence-corrected chi connectivity index (χ0v) is 11.1. The molecule has 1 heterocycles. The second-order valence-electron chi connectivity index (χ2n) is 5.15. The lowest BCUT2D eigenvalue weighted by Gasteiger charge is -2.35. The van der Waals surface area contributed by atoms with Gasteiger partial charge in [0.25, 0.3) is 0 Å². The SMILES string of the molecule is NCCc1ccc(N2CCCC(C(F)(F)F)C2)c(F)c1. The van der Waals surface area contributed by atoms with E-state index in [0.717, 1.165) is 5.56 Å². The van der Waals surface area contributed by atoms with Crippen LogP contribution < -0.4 is 10.6 Å². The first-order valence-corrected chi connectivity index (χ1v) is 6.72. The second-order valence-corrected chi connectivity index (χ2v) is 5.15. The smallest absolute Gasteiger partial charge is 0.369 e. The van der Waals surface area contributed by atoms with Gasteiger partial charge in [0.2, 0.25) is 0 Å². The first-order chi connectivity index (χ1) is 9.41. The van der Waals surface area contributed by atoms with E-state index in [1.54, 1.807) is 12.1 Å². The maximum atomic E-state index is 14.0. The molecule has 1 saturated heterocycles. The quantitative estimate of drug-likeness (QED) is 0.867. The van der Waals surface area contributed by atoms with Crippen LogP contribution in [0.1, 0.15) is 18.4 Å². The summed E-state index contributed by atoms with van der Waals surface area (Å²) in [6.45, 7) is 0.703. The molecule has 1 aliphatic rings. The third kappa shape index (κ3) is 3.42. The van der Waals surface area contributed by atoms with Crippen LogP contribution in [0.15, 0.2) is 18.2 Å². The number of hydrogen-bond donors (Lipinski definition) is 1. The van der Waals surface area contributed by atoms with Crippen molar-refractivity contribution in [1.29, 1.82) is 0 Å². The van der Waals surface area contributed by atoms with Gasteiger partial charge in [0, 0.05) is 13.1 Å². The molecule has 1 atom stereocenters. The Balaban J connectivity index is 2.15. The van der Waals surface area contributed by atoms with Crippen LogP contribution in [-0.4, -0.2) is 25.8 Å². The van der Waals surface area contributed by atoms with Crippen LogP contribution in [0.25, 0.3) is 0 Å². The molecule has 0 bridgehead atoms. The van der Waals surface area contributed by atoms with Crippen LogP contribution in [-0.2, 0) is 6.42 Å². The minimum atomic E-state index is -4.21. The first kappa shape index (κ1) is 15.1. The van der Waals surface area contributed by atoms with Crippen LogP contribution >= 0.6 is 0 Å². The van der Waals surface area contributed by atoms with Crippen LogP contribution in [0, 0.1) is 11.7 Å². The zero-order chi connectivity index (χ0) is 14.8. The van der Waals surface area contributed by atoms with Crippen molar-refractivity contribution in [3.05, 3.63) is 29.6 Å². The van der Waals surface area contributed by atoms with Gasteiger partial charge in [0.15, 0.2) is 0 Å². The molecule has 1 aliphatic heterocycles. The summed E-state index contributed by atoms with van der Waals surface area (Å²) in [5, 5.41) is 0. The van der Waals surface area contributed by atoms with E-state index >= 15 is 0 Å². The Kier molecular flexibility index (Phi) is 4.52. The summed E-state index contributed by atoms with van der Waals surface area (Å²) in [5.74, 6) is -1.85. The lowest BCUT2D eigenvalue weighted by atomic mass is 9.96. The highest BCUT2D eigenvalue weighted by molar-refractivity contribution is 5.49. The highest BCUT2D eigenvalue weighted by Crippen LogP contribution is 2.35. The molecule has 0 aromatic heterocycles. The fourth-order valence-corrected chi connectivity index (χ4v) is 2.59. The average molecular weight is 290 g/mol. The molecule has 1 aromatic carbocycles. The van der Waals surface area contributed by atoms with Gasteiger partial charge >= 0.3 is 6.18 Å². The molecular formula is C14H18F4N2. The van der Waals surface area contributed by atoms with E-state index in [0.29, 0.717) is 25.9 Å². The third-order valence-electron chi connectivity index (χ3n) is 3.67. The van der Waals surface area contributed by atoms with Gasteiger partial charge in [-0.2, -0.15) is 13.2 Å². The van der Waals surface area contributed by atoms with Crippen molar-refractivity contribution in [2.24, 2.45) is 11.7 Å². The molecule has 0 amide bonds.